The molecule has 4 aromatic rings. The summed E-state index contributed by atoms with van der Waals surface area (Å²) < 4.78 is 5.26. The van der Waals surface area contributed by atoms with Crippen LogP contribution in [0.25, 0.3) is 22.0 Å². The van der Waals surface area contributed by atoms with Crippen molar-refractivity contribution in [2.75, 3.05) is 6.61 Å². The maximum Gasteiger partial charge on any atom is 0.340 e. The van der Waals surface area contributed by atoms with Crippen LogP contribution in [0, 0.1) is 0 Å². The second-order valence-electron chi connectivity index (χ2n) is 6.79. The van der Waals surface area contributed by atoms with Gasteiger partial charge in [0.05, 0.1) is 17.9 Å². The molecule has 0 saturated carbocycles. The molecule has 1 N–H and O–H groups in total. The summed E-state index contributed by atoms with van der Waals surface area (Å²) >= 11 is 0. The van der Waals surface area contributed by atoms with Crippen LogP contribution in [0.3, 0.4) is 0 Å². The van der Waals surface area contributed by atoms with Crippen molar-refractivity contribution in [2.45, 2.75) is 13.3 Å². The van der Waals surface area contributed by atoms with Gasteiger partial charge in [0, 0.05) is 23.7 Å². The van der Waals surface area contributed by atoms with Crippen molar-refractivity contribution < 1.29 is 14.6 Å². The molecule has 0 aliphatic carbocycles. The van der Waals surface area contributed by atoms with E-state index in [4.69, 9.17) is 4.74 Å². The first-order valence-corrected chi connectivity index (χ1v) is 9.58. The highest BCUT2D eigenvalue weighted by atomic mass is 16.5. The number of hydrogen-bond donors (Lipinski definition) is 1. The summed E-state index contributed by atoms with van der Waals surface area (Å²) in [6.45, 7) is 2.08. The largest absolute Gasteiger partial charge is 0.508 e. The standard InChI is InChI=1S/C25H21NO3/c1-2-29-25(28)22-15-17(16-26-24(22)19-9-4-3-5-10-19)14-21-20-11-7-6-8-18(20)12-13-23(21)27/h3-13,15-16,27H,2,14H2,1H3. The second-order valence-corrected chi connectivity index (χ2v) is 6.79. The number of benzene rings is 3. The summed E-state index contributed by atoms with van der Waals surface area (Å²) in [6.07, 6.45) is 2.22. The monoisotopic (exact) mass is 383 g/mol. The van der Waals surface area contributed by atoms with Crippen LogP contribution in [0.2, 0.25) is 0 Å². The molecule has 0 atom stereocenters. The summed E-state index contributed by atoms with van der Waals surface area (Å²) in [7, 11) is 0. The zero-order valence-corrected chi connectivity index (χ0v) is 16.1. The Morgan fingerprint density at radius 3 is 2.55 bits per heavy atom. The van der Waals surface area contributed by atoms with Crippen LogP contribution in [0.15, 0.2) is 79.0 Å². The van der Waals surface area contributed by atoms with Crippen molar-refractivity contribution in [1.29, 1.82) is 0 Å². The maximum atomic E-state index is 12.6. The molecule has 0 saturated heterocycles. The molecule has 4 rings (SSSR count). The number of hydrogen-bond acceptors (Lipinski definition) is 4. The Morgan fingerprint density at radius 2 is 1.76 bits per heavy atom. The Labute approximate surface area is 169 Å². The van der Waals surface area contributed by atoms with E-state index in [2.05, 4.69) is 4.98 Å². The lowest BCUT2D eigenvalue weighted by molar-refractivity contribution is 0.0526. The Hall–Kier alpha value is -3.66. The third-order valence-corrected chi connectivity index (χ3v) is 4.88. The summed E-state index contributed by atoms with van der Waals surface area (Å²) in [4.78, 5) is 17.2. The number of aromatic hydroxyl groups is 1. The molecule has 0 aliphatic rings. The zero-order valence-electron chi connectivity index (χ0n) is 16.1. The number of pyridine rings is 1. The lowest BCUT2D eigenvalue weighted by atomic mass is 9.96. The molecule has 0 aliphatic heterocycles. The average Bonchev–Trinajstić information content (AvgIpc) is 2.76. The predicted molar refractivity (Wildman–Crippen MR) is 114 cm³/mol. The molecule has 29 heavy (non-hydrogen) atoms. The first-order chi connectivity index (χ1) is 14.2. The molecule has 0 amide bonds. The third-order valence-electron chi connectivity index (χ3n) is 4.88. The Morgan fingerprint density at radius 1 is 1.00 bits per heavy atom. The SMILES string of the molecule is CCOC(=O)c1cc(Cc2c(O)ccc3ccccc23)cnc1-c1ccccc1. The number of nitrogens with zero attached hydrogens (tertiary/aromatic N) is 1. The summed E-state index contributed by atoms with van der Waals surface area (Å²) in [5, 5.41) is 12.5. The van der Waals surface area contributed by atoms with Crippen LogP contribution < -0.4 is 0 Å². The van der Waals surface area contributed by atoms with Gasteiger partial charge in [-0.15, -0.1) is 0 Å². The van der Waals surface area contributed by atoms with Gasteiger partial charge in [-0.1, -0.05) is 60.7 Å². The quantitative estimate of drug-likeness (QED) is 0.470. The molecular weight excluding hydrogens is 362 g/mol. The van der Waals surface area contributed by atoms with Crippen molar-refractivity contribution in [3.8, 4) is 17.0 Å². The van der Waals surface area contributed by atoms with Crippen molar-refractivity contribution in [3.63, 3.8) is 0 Å². The number of rotatable bonds is 5. The van der Waals surface area contributed by atoms with Gasteiger partial charge in [-0.2, -0.15) is 0 Å². The molecule has 0 unspecified atom stereocenters. The van der Waals surface area contributed by atoms with E-state index in [0.717, 1.165) is 27.5 Å². The number of carbonyl (C=O) groups excluding carboxylic acids is 1. The molecule has 4 nitrogen and oxygen atoms in total. The highest BCUT2D eigenvalue weighted by molar-refractivity contribution is 5.96. The number of ether oxygens (including phenoxy) is 1. The van der Waals surface area contributed by atoms with E-state index in [1.54, 1.807) is 19.2 Å². The van der Waals surface area contributed by atoms with E-state index < -0.39 is 5.97 Å². The Kier molecular flexibility index (Phi) is 5.25. The molecule has 4 heteroatoms. The Bertz CT molecular complexity index is 1170. The molecular formula is C25H21NO3. The molecule has 144 valence electrons. The van der Waals surface area contributed by atoms with Gasteiger partial charge in [0.1, 0.15) is 5.75 Å². The van der Waals surface area contributed by atoms with Crippen molar-refractivity contribution >= 4 is 16.7 Å². The van der Waals surface area contributed by atoms with Gasteiger partial charge in [0.2, 0.25) is 0 Å². The highest BCUT2D eigenvalue weighted by Gasteiger charge is 2.17. The number of phenols is 1. The second kappa shape index (κ2) is 8.15. The lowest BCUT2D eigenvalue weighted by Gasteiger charge is -2.13. The minimum absolute atomic E-state index is 0.230. The van der Waals surface area contributed by atoms with Crippen LogP contribution >= 0.6 is 0 Å². The summed E-state index contributed by atoms with van der Waals surface area (Å²) in [5.74, 6) is -0.170. The number of phenolic OH excluding ortho intramolecular Hbond substituents is 1. The highest BCUT2D eigenvalue weighted by Crippen LogP contribution is 2.30. The van der Waals surface area contributed by atoms with E-state index in [1.807, 2.05) is 66.7 Å². The molecule has 0 radical (unpaired) electrons. The molecule has 0 bridgehead atoms. The molecule has 0 fully saturated rings. The fraction of sp³-hybridized carbons (Fsp3) is 0.120. The summed E-state index contributed by atoms with van der Waals surface area (Å²) in [6, 6.07) is 22.9. The van der Waals surface area contributed by atoms with Crippen LogP contribution in [0.5, 0.6) is 5.75 Å². The molecule has 0 spiro atoms. The average molecular weight is 383 g/mol. The summed E-state index contributed by atoms with van der Waals surface area (Å²) in [5.41, 5.74) is 3.52. The van der Waals surface area contributed by atoms with Crippen LogP contribution in [-0.2, 0) is 11.2 Å². The predicted octanol–water partition coefficient (Wildman–Crippen LogP) is 5.37. The van der Waals surface area contributed by atoms with Gasteiger partial charge in [0.25, 0.3) is 0 Å². The lowest BCUT2D eigenvalue weighted by Crippen LogP contribution is -2.09. The fourth-order valence-electron chi connectivity index (χ4n) is 3.51. The maximum absolute atomic E-state index is 12.6. The van der Waals surface area contributed by atoms with Crippen molar-refractivity contribution in [3.05, 3.63) is 95.7 Å². The Balaban J connectivity index is 1.79. The van der Waals surface area contributed by atoms with Gasteiger partial charge in [0.15, 0.2) is 0 Å². The van der Waals surface area contributed by atoms with E-state index >= 15 is 0 Å². The first kappa shape index (κ1) is 18.7. The smallest absolute Gasteiger partial charge is 0.340 e. The fourth-order valence-corrected chi connectivity index (χ4v) is 3.51. The number of esters is 1. The van der Waals surface area contributed by atoms with Gasteiger partial charge in [-0.05, 0) is 35.4 Å². The van der Waals surface area contributed by atoms with E-state index in [0.29, 0.717) is 24.3 Å². The van der Waals surface area contributed by atoms with Gasteiger partial charge < -0.3 is 9.84 Å². The van der Waals surface area contributed by atoms with Gasteiger partial charge in [-0.25, -0.2) is 4.79 Å². The number of aromatic nitrogens is 1. The molecule has 1 heterocycles. The van der Waals surface area contributed by atoms with E-state index in [1.165, 1.54) is 0 Å². The minimum atomic E-state index is -0.400. The number of fused-ring (bicyclic) bond motifs is 1. The van der Waals surface area contributed by atoms with Crippen LogP contribution in [-0.4, -0.2) is 22.7 Å². The van der Waals surface area contributed by atoms with Crippen LogP contribution in [0.4, 0.5) is 0 Å². The van der Waals surface area contributed by atoms with Crippen molar-refractivity contribution in [1.82, 2.24) is 4.98 Å². The zero-order chi connectivity index (χ0) is 20.2. The van der Waals surface area contributed by atoms with Crippen molar-refractivity contribution in [2.24, 2.45) is 0 Å². The number of carbonyl (C=O) groups is 1. The van der Waals surface area contributed by atoms with Crippen LogP contribution in [0.1, 0.15) is 28.4 Å². The molecule has 3 aromatic carbocycles. The van der Waals surface area contributed by atoms with Gasteiger partial charge in [-0.3, -0.25) is 4.98 Å². The van der Waals surface area contributed by atoms with E-state index in [-0.39, 0.29) is 5.75 Å². The molecule has 1 aromatic heterocycles. The third kappa shape index (κ3) is 3.83. The topological polar surface area (TPSA) is 59.4 Å². The normalized spacial score (nSPS) is 10.8. The first-order valence-electron chi connectivity index (χ1n) is 9.58. The minimum Gasteiger partial charge on any atom is -0.508 e. The van der Waals surface area contributed by atoms with Gasteiger partial charge >= 0.3 is 5.97 Å². The van der Waals surface area contributed by atoms with E-state index in [9.17, 15) is 9.90 Å².